The number of benzene rings is 1. The molecule has 0 spiro atoms. The monoisotopic (exact) mass is 261 g/mol. The van der Waals surface area contributed by atoms with Crippen LogP contribution in [0, 0.1) is 0 Å². The Balaban J connectivity index is 2.34. The van der Waals surface area contributed by atoms with E-state index in [0.29, 0.717) is 10.9 Å². The van der Waals surface area contributed by atoms with Crippen molar-refractivity contribution in [3.8, 4) is 0 Å². The smallest absolute Gasteiger partial charge is 0.365 e. The van der Waals surface area contributed by atoms with Crippen molar-refractivity contribution in [2.75, 3.05) is 13.1 Å². The number of hydrogen-bond donors (Lipinski definition) is 2. The van der Waals surface area contributed by atoms with Crippen LogP contribution in [0.2, 0.25) is 0 Å². The zero-order chi connectivity index (χ0) is 13.4. The summed E-state index contributed by atoms with van der Waals surface area (Å²) in [6.07, 6.45) is 1.62. The molecule has 100 valence electrons. The van der Waals surface area contributed by atoms with Crippen molar-refractivity contribution >= 4 is 10.9 Å². The van der Waals surface area contributed by atoms with Crippen LogP contribution in [-0.4, -0.2) is 27.6 Å². The SMILES string of the molecule is O=c1c2ccccc2n(C2CCNCC2)c(=O)n1O. The minimum atomic E-state index is -0.661. The highest BCUT2D eigenvalue weighted by molar-refractivity contribution is 5.77. The number of hydrogen-bond acceptors (Lipinski definition) is 4. The second-order valence-electron chi connectivity index (χ2n) is 4.77. The van der Waals surface area contributed by atoms with E-state index in [4.69, 9.17) is 0 Å². The second-order valence-corrected chi connectivity index (χ2v) is 4.77. The minimum absolute atomic E-state index is 0.0117. The Morgan fingerprint density at radius 2 is 1.84 bits per heavy atom. The van der Waals surface area contributed by atoms with Gasteiger partial charge in [-0.05, 0) is 38.1 Å². The summed E-state index contributed by atoms with van der Waals surface area (Å²) >= 11 is 0. The normalized spacial score (nSPS) is 16.8. The van der Waals surface area contributed by atoms with Gasteiger partial charge in [0.25, 0.3) is 5.56 Å². The predicted octanol–water partition coefficient (Wildman–Crippen LogP) is 0.325. The fourth-order valence-electron chi connectivity index (χ4n) is 2.69. The van der Waals surface area contributed by atoms with Crippen molar-refractivity contribution in [3.63, 3.8) is 0 Å². The average Bonchev–Trinajstić information content (AvgIpc) is 2.46. The highest BCUT2D eigenvalue weighted by Gasteiger charge is 2.21. The molecule has 0 amide bonds. The quantitative estimate of drug-likeness (QED) is 0.725. The topological polar surface area (TPSA) is 76.3 Å². The Morgan fingerprint density at radius 3 is 2.58 bits per heavy atom. The van der Waals surface area contributed by atoms with Gasteiger partial charge in [0.1, 0.15) is 0 Å². The van der Waals surface area contributed by atoms with E-state index in [-0.39, 0.29) is 10.8 Å². The lowest BCUT2D eigenvalue weighted by molar-refractivity contribution is 0.153. The van der Waals surface area contributed by atoms with Gasteiger partial charge in [0.15, 0.2) is 0 Å². The van der Waals surface area contributed by atoms with Crippen LogP contribution < -0.4 is 16.6 Å². The maximum absolute atomic E-state index is 12.2. The molecule has 1 aromatic carbocycles. The van der Waals surface area contributed by atoms with Gasteiger partial charge in [-0.1, -0.05) is 16.9 Å². The summed E-state index contributed by atoms with van der Waals surface area (Å²) in [7, 11) is 0. The van der Waals surface area contributed by atoms with E-state index in [1.54, 1.807) is 24.3 Å². The Labute approximate surface area is 108 Å². The summed E-state index contributed by atoms with van der Waals surface area (Å²) in [6, 6.07) is 6.90. The van der Waals surface area contributed by atoms with Crippen LogP contribution in [0.15, 0.2) is 33.9 Å². The molecule has 3 rings (SSSR count). The third kappa shape index (κ3) is 1.84. The number of para-hydroxylation sites is 1. The number of piperidine rings is 1. The average molecular weight is 261 g/mol. The molecule has 0 aliphatic carbocycles. The van der Waals surface area contributed by atoms with Crippen molar-refractivity contribution in [3.05, 3.63) is 45.1 Å². The molecular formula is C13H15N3O3. The molecule has 1 fully saturated rings. The van der Waals surface area contributed by atoms with Crippen molar-refractivity contribution in [2.24, 2.45) is 0 Å². The van der Waals surface area contributed by atoms with Crippen LogP contribution in [-0.2, 0) is 0 Å². The summed E-state index contributed by atoms with van der Waals surface area (Å²) in [5.74, 6) is 0. The first-order chi connectivity index (χ1) is 9.20. The first kappa shape index (κ1) is 12.0. The lowest BCUT2D eigenvalue weighted by Gasteiger charge is -2.26. The number of fused-ring (bicyclic) bond motifs is 1. The maximum atomic E-state index is 12.2. The van der Waals surface area contributed by atoms with Crippen LogP contribution in [0.25, 0.3) is 10.9 Å². The van der Waals surface area contributed by atoms with E-state index in [2.05, 4.69) is 5.32 Å². The molecule has 1 aliphatic heterocycles. The van der Waals surface area contributed by atoms with Crippen molar-refractivity contribution in [1.82, 2.24) is 14.6 Å². The molecule has 6 heteroatoms. The van der Waals surface area contributed by atoms with Crippen LogP contribution in [0.1, 0.15) is 18.9 Å². The van der Waals surface area contributed by atoms with E-state index in [1.807, 2.05) is 0 Å². The van der Waals surface area contributed by atoms with Gasteiger partial charge in [-0.2, -0.15) is 0 Å². The van der Waals surface area contributed by atoms with Gasteiger partial charge >= 0.3 is 5.69 Å². The number of nitrogens with zero attached hydrogens (tertiary/aromatic N) is 2. The first-order valence-corrected chi connectivity index (χ1v) is 6.36. The fraction of sp³-hybridized carbons (Fsp3) is 0.385. The molecule has 19 heavy (non-hydrogen) atoms. The molecule has 1 saturated heterocycles. The van der Waals surface area contributed by atoms with E-state index in [1.165, 1.54) is 4.57 Å². The molecule has 0 atom stereocenters. The fourth-order valence-corrected chi connectivity index (χ4v) is 2.69. The third-order valence-corrected chi connectivity index (χ3v) is 3.65. The van der Waals surface area contributed by atoms with Crippen LogP contribution in [0.3, 0.4) is 0 Å². The van der Waals surface area contributed by atoms with Crippen LogP contribution in [0.5, 0.6) is 0 Å². The summed E-state index contributed by atoms with van der Waals surface area (Å²) in [4.78, 5) is 24.0. The summed E-state index contributed by atoms with van der Waals surface area (Å²) in [5.41, 5.74) is -0.726. The van der Waals surface area contributed by atoms with Gasteiger partial charge in [-0.15, -0.1) is 0 Å². The Kier molecular flexibility index (Phi) is 2.87. The lowest BCUT2D eigenvalue weighted by atomic mass is 10.1. The summed E-state index contributed by atoms with van der Waals surface area (Å²) in [6.45, 7) is 1.66. The number of nitrogens with one attached hydrogen (secondary N) is 1. The van der Waals surface area contributed by atoms with Gasteiger partial charge in [-0.3, -0.25) is 9.36 Å². The van der Waals surface area contributed by atoms with E-state index < -0.39 is 11.2 Å². The van der Waals surface area contributed by atoms with E-state index in [9.17, 15) is 14.8 Å². The minimum Gasteiger partial charge on any atom is -0.421 e. The highest BCUT2D eigenvalue weighted by atomic mass is 16.5. The molecule has 2 heterocycles. The van der Waals surface area contributed by atoms with Gasteiger partial charge in [-0.25, -0.2) is 4.79 Å². The largest absolute Gasteiger partial charge is 0.421 e. The van der Waals surface area contributed by atoms with Crippen molar-refractivity contribution in [1.29, 1.82) is 0 Å². The summed E-state index contributed by atoms with van der Waals surface area (Å²) in [5, 5.41) is 13.3. The van der Waals surface area contributed by atoms with Gasteiger partial charge in [0.05, 0.1) is 10.9 Å². The Bertz CT molecular complexity index is 726. The Hall–Kier alpha value is -2.08. The van der Waals surface area contributed by atoms with E-state index >= 15 is 0 Å². The molecule has 0 radical (unpaired) electrons. The van der Waals surface area contributed by atoms with E-state index in [0.717, 1.165) is 25.9 Å². The van der Waals surface area contributed by atoms with Gasteiger partial charge in [0.2, 0.25) is 0 Å². The molecule has 2 N–H and O–H groups in total. The molecule has 0 unspecified atom stereocenters. The zero-order valence-electron chi connectivity index (χ0n) is 10.4. The van der Waals surface area contributed by atoms with Crippen molar-refractivity contribution in [2.45, 2.75) is 18.9 Å². The molecule has 6 nitrogen and oxygen atoms in total. The Morgan fingerprint density at radius 1 is 1.16 bits per heavy atom. The molecular weight excluding hydrogens is 246 g/mol. The molecule has 0 bridgehead atoms. The first-order valence-electron chi connectivity index (χ1n) is 6.36. The predicted molar refractivity (Wildman–Crippen MR) is 70.8 cm³/mol. The zero-order valence-corrected chi connectivity index (χ0v) is 10.4. The lowest BCUT2D eigenvalue weighted by Crippen LogP contribution is -2.42. The van der Waals surface area contributed by atoms with Crippen LogP contribution >= 0.6 is 0 Å². The summed E-state index contributed by atoms with van der Waals surface area (Å²) < 4.78 is 1.75. The van der Waals surface area contributed by atoms with Gasteiger partial charge in [0, 0.05) is 6.04 Å². The molecule has 0 saturated carbocycles. The number of aromatic nitrogens is 2. The molecule has 1 aromatic heterocycles. The number of rotatable bonds is 1. The van der Waals surface area contributed by atoms with Crippen LogP contribution in [0.4, 0.5) is 0 Å². The maximum Gasteiger partial charge on any atom is 0.365 e. The second kappa shape index (κ2) is 4.55. The standard InChI is InChI=1S/C13H15N3O3/c17-12-10-3-1-2-4-11(10)15(13(18)16(12)19)9-5-7-14-8-6-9/h1-4,9,14,19H,5-8H2. The third-order valence-electron chi connectivity index (χ3n) is 3.65. The molecule has 2 aromatic rings. The molecule has 1 aliphatic rings. The highest BCUT2D eigenvalue weighted by Crippen LogP contribution is 2.20. The van der Waals surface area contributed by atoms with Crippen molar-refractivity contribution < 1.29 is 5.21 Å². The van der Waals surface area contributed by atoms with Gasteiger partial charge < -0.3 is 10.5 Å².